The number of aromatic nitrogens is 1. The Kier molecular flexibility index (Phi) is 4.33. The molecule has 1 amide bonds. The van der Waals surface area contributed by atoms with Gasteiger partial charge in [-0.25, -0.2) is 0 Å². The van der Waals surface area contributed by atoms with Crippen molar-refractivity contribution in [3.8, 4) is 0 Å². The molecule has 0 radical (unpaired) electrons. The molecule has 3 aliphatic rings. The Bertz CT molecular complexity index is 529. The maximum absolute atomic E-state index is 12.2. The van der Waals surface area contributed by atoms with Gasteiger partial charge in [0.1, 0.15) is 0 Å². The third-order valence-corrected chi connectivity index (χ3v) is 5.13. The fourth-order valence-electron chi connectivity index (χ4n) is 4.02. The summed E-state index contributed by atoms with van der Waals surface area (Å²) in [4.78, 5) is 14.7. The number of hydrogen-bond acceptors (Lipinski definition) is 6. The van der Waals surface area contributed by atoms with Crippen LogP contribution in [0.5, 0.6) is 0 Å². The molecular weight excluding hydrogens is 298 g/mol. The van der Waals surface area contributed by atoms with Crippen LogP contribution in [0.1, 0.15) is 29.8 Å². The number of carbonyl (C=O) groups excluding carboxylic acids is 1. The van der Waals surface area contributed by atoms with E-state index in [1.165, 1.54) is 6.20 Å². The second-order valence-electron chi connectivity index (χ2n) is 6.69. The van der Waals surface area contributed by atoms with Crippen molar-refractivity contribution in [1.29, 1.82) is 0 Å². The molecule has 3 fully saturated rings. The largest absolute Gasteiger partial charge is 0.381 e. The summed E-state index contributed by atoms with van der Waals surface area (Å²) in [6, 6.07) is 1.97. The maximum atomic E-state index is 12.2. The van der Waals surface area contributed by atoms with Gasteiger partial charge in [-0.15, -0.1) is 0 Å². The number of fused-ring (bicyclic) bond motifs is 1. The predicted molar refractivity (Wildman–Crippen MR) is 81.0 cm³/mol. The van der Waals surface area contributed by atoms with Crippen LogP contribution in [0, 0.1) is 5.92 Å². The van der Waals surface area contributed by atoms with E-state index in [9.17, 15) is 4.79 Å². The molecule has 23 heavy (non-hydrogen) atoms. The van der Waals surface area contributed by atoms with Crippen LogP contribution in [0.3, 0.4) is 0 Å². The van der Waals surface area contributed by atoms with Crippen LogP contribution < -0.4 is 5.32 Å². The Morgan fingerprint density at radius 1 is 1.39 bits per heavy atom. The molecule has 3 saturated heterocycles. The van der Waals surface area contributed by atoms with Gasteiger partial charge >= 0.3 is 0 Å². The maximum Gasteiger partial charge on any atom is 0.290 e. The lowest BCUT2D eigenvalue weighted by molar-refractivity contribution is -0.0221. The number of likely N-dealkylation sites (tertiary alicyclic amines) is 1. The summed E-state index contributed by atoms with van der Waals surface area (Å²) in [6.07, 6.45) is 4.90. The lowest BCUT2D eigenvalue weighted by Crippen LogP contribution is -2.47. The molecular formula is C16H23N3O4. The van der Waals surface area contributed by atoms with E-state index in [4.69, 9.17) is 14.0 Å². The minimum atomic E-state index is -0.216. The third-order valence-electron chi connectivity index (χ3n) is 5.13. The van der Waals surface area contributed by atoms with Crippen molar-refractivity contribution in [1.82, 2.24) is 15.4 Å². The zero-order valence-electron chi connectivity index (χ0n) is 13.1. The lowest BCUT2D eigenvalue weighted by Gasteiger charge is -2.33. The van der Waals surface area contributed by atoms with Crippen LogP contribution in [0.4, 0.5) is 0 Å². The summed E-state index contributed by atoms with van der Waals surface area (Å²) < 4.78 is 16.4. The van der Waals surface area contributed by atoms with Crippen LogP contribution in [0.25, 0.3) is 0 Å². The highest BCUT2D eigenvalue weighted by Gasteiger charge is 2.45. The van der Waals surface area contributed by atoms with Crippen molar-refractivity contribution in [2.45, 2.75) is 37.5 Å². The summed E-state index contributed by atoms with van der Waals surface area (Å²) in [5, 5.41) is 6.66. The van der Waals surface area contributed by atoms with Gasteiger partial charge in [0.25, 0.3) is 5.91 Å². The average Bonchev–Trinajstić information content (AvgIpc) is 3.30. The number of hydrogen-bond donors (Lipinski definition) is 1. The van der Waals surface area contributed by atoms with Gasteiger partial charge in [-0.3, -0.25) is 9.69 Å². The molecule has 4 rings (SSSR count). The number of amides is 1. The molecule has 0 aliphatic carbocycles. The molecule has 0 spiro atoms. The Hall–Kier alpha value is -1.44. The summed E-state index contributed by atoms with van der Waals surface area (Å²) in [5.74, 6) is 0.632. The van der Waals surface area contributed by atoms with Gasteiger partial charge < -0.3 is 19.3 Å². The first-order valence-electron chi connectivity index (χ1n) is 8.46. The summed E-state index contributed by atoms with van der Waals surface area (Å²) in [7, 11) is 0. The molecule has 1 N–H and O–H groups in total. The molecule has 1 aromatic rings. The van der Waals surface area contributed by atoms with Gasteiger partial charge in [-0.1, -0.05) is 5.16 Å². The molecule has 0 bridgehead atoms. The van der Waals surface area contributed by atoms with Crippen LogP contribution >= 0.6 is 0 Å². The van der Waals surface area contributed by atoms with Crippen molar-refractivity contribution in [3.63, 3.8) is 0 Å². The van der Waals surface area contributed by atoms with Crippen LogP contribution in [0.2, 0.25) is 0 Å². The molecule has 126 valence electrons. The summed E-state index contributed by atoms with van der Waals surface area (Å²) in [5.41, 5.74) is 0. The standard InChI is InChI=1S/C16H23N3O4/c20-16(14-3-5-17-23-14)18-12-9-19(8-11-4-7-21-10-11)13-2-1-6-22-15(12)13/h3,5,11-13,15H,1-2,4,6-10H2,(H,18,20)/t11?,12-,13+,15+/m1/s1. The van der Waals surface area contributed by atoms with Crippen LogP contribution in [0.15, 0.2) is 16.8 Å². The van der Waals surface area contributed by atoms with Crippen molar-refractivity contribution in [3.05, 3.63) is 18.0 Å². The van der Waals surface area contributed by atoms with Gasteiger partial charge in [-0.05, 0) is 25.2 Å². The summed E-state index contributed by atoms with van der Waals surface area (Å²) in [6.45, 7) is 4.35. The highest BCUT2D eigenvalue weighted by Crippen LogP contribution is 2.30. The molecule has 1 aromatic heterocycles. The summed E-state index contributed by atoms with van der Waals surface area (Å²) >= 11 is 0. The van der Waals surface area contributed by atoms with Crippen molar-refractivity contribution < 1.29 is 18.8 Å². The quantitative estimate of drug-likeness (QED) is 0.878. The van der Waals surface area contributed by atoms with E-state index < -0.39 is 0 Å². The zero-order valence-corrected chi connectivity index (χ0v) is 13.1. The Morgan fingerprint density at radius 2 is 2.35 bits per heavy atom. The van der Waals surface area contributed by atoms with E-state index >= 15 is 0 Å². The number of nitrogens with one attached hydrogen (secondary N) is 1. The van der Waals surface area contributed by atoms with Crippen molar-refractivity contribution >= 4 is 5.91 Å². The van der Waals surface area contributed by atoms with Gasteiger partial charge in [0.15, 0.2) is 0 Å². The molecule has 7 nitrogen and oxygen atoms in total. The Balaban J connectivity index is 1.43. The first-order valence-corrected chi connectivity index (χ1v) is 8.46. The lowest BCUT2D eigenvalue weighted by atomic mass is 10.00. The Labute approximate surface area is 135 Å². The van der Waals surface area contributed by atoms with E-state index in [0.29, 0.717) is 12.0 Å². The fraction of sp³-hybridized carbons (Fsp3) is 0.750. The average molecular weight is 321 g/mol. The van der Waals surface area contributed by atoms with Crippen molar-refractivity contribution in [2.75, 3.05) is 32.9 Å². The van der Waals surface area contributed by atoms with E-state index in [-0.39, 0.29) is 23.8 Å². The minimum absolute atomic E-state index is 0.000205. The number of carbonyl (C=O) groups is 1. The SMILES string of the molecule is O=C(N[C@@H]1CN(CC2CCOC2)[C@H]2CCCO[C@@H]12)c1ccno1. The first kappa shape index (κ1) is 15.1. The van der Waals surface area contributed by atoms with Gasteiger partial charge in [0.05, 0.1) is 24.9 Å². The van der Waals surface area contributed by atoms with Gasteiger partial charge in [-0.2, -0.15) is 0 Å². The van der Waals surface area contributed by atoms with E-state index in [1.54, 1.807) is 6.07 Å². The van der Waals surface area contributed by atoms with E-state index in [2.05, 4.69) is 15.4 Å². The van der Waals surface area contributed by atoms with Crippen LogP contribution in [-0.2, 0) is 9.47 Å². The molecule has 4 heterocycles. The molecule has 4 atom stereocenters. The number of ether oxygens (including phenoxy) is 2. The van der Waals surface area contributed by atoms with E-state index in [1.807, 2.05) is 0 Å². The monoisotopic (exact) mass is 321 g/mol. The molecule has 7 heteroatoms. The zero-order chi connectivity index (χ0) is 15.6. The third kappa shape index (κ3) is 3.13. The predicted octanol–water partition coefficient (Wildman–Crippen LogP) is 0.673. The topological polar surface area (TPSA) is 76.8 Å². The van der Waals surface area contributed by atoms with E-state index in [0.717, 1.165) is 52.2 Å². The normalized spacial score (nSPS) is 34.4. The molecule has 0 aromatic carbocycles. The number of rotatable bonds is 4. The molecule has 3 aliphatic heterocycles. The molecule has 0 saturated carbocycles. The highest BCUT2D eigenvalue weighted by molar-refractivity contribution is 5.91. The van der Waals surface area contributed by atoms with Gasteiger partial charge in [0.2, 0.25) is 5.76 Å². The number of nitrogens with zero attached hydrogens (tertiary/aromatic N) is 2. The van der Waals surface area contributed by atoms with Crippen LogP contribution in [-0.4, -0.2) is 67.1 Å². The Morgan fingerprint density at radius 3 is 3.13 bits per heavy atom. The second-order valence-corrected chi connectivity index (χ2v) is 6.69. The highest BCUT2D eigenvalue weighted by atomic mass is 16.5. The fourth-order valence-corrected chi connectivity index (χ4v) is 4.02. The second kappa shape index (κ2) is 6.59. The smallest absolute Gasteiger partial charge is 0.290 e. The van der Waals surface area contributed by atoms with Crippen molar-refractivity contribution in [2.24, 2.45) is 5.92 Å². The molecule has 1 unspecified atom stereocenters. The van der Waals surface area contributed by atoms with Gasteiger partial charge in [0, 0.05) is 38.4 Å². The first-order chi connectivity index (χ1) is 11.3. The minimum Gasteiger partial charge on any atom is -0.381 e.